The smallest absolute Gasteiger partial charge is 0.390 e. The third-order valence-electron chi connectivity index (χ3n) is 1.79. The molecule has 0 aliphatic carbocycles. The Bertz CT molecular complexity index is 116. The van der Waals surface area contributed by atoms with Crippen molar-refractivity contribution < 1.29 is 19.3 Å². The molecule has 0 amide bonds. The predicted molar refractivity (Wildman–Crippen MR) is 48.7 cm³/mol. The molecular weight excluding hydrogens is 174 g/mol. The third kappa shape index (κ3) is 8.16. The predicted octanol–water partition coefficient (Wildman–Crippen LogP) is -1.78. The van der Waals surface area contributed by atoms with Crippen molar-refractivity contribution in [2.75, 3.05) is 20.1 Å². The van der Waals surface area contributed by atoms with Crippen molar-refractivity contribution in [1.82, 2.24) is 0 Å². The van der Waals surface area contributed by atoms with E-state index >= 15 is 0 Å². The molecule has 0 fully saturated rings. The second-order valence-electron chi connectivity index (χ2n) is 3.34. The summed E-state index contributed by atoms with van der Waals surface area (Å²) >= 11 is 0. The molecule has 1 unspecified atom stereocenters. The van der Waals surface area contributed by atoms with Gasteiger partial charge < -0.3 is 19.3 Å². The number of hydrogen-bond donors (Lipinski definition) is 4. The van der Waals surface area contributed by atoms with Gasteiger partial charge in [0.05, 0.1) is 20.1 Å². The summed E-state index contributed by atoms with van der Waals surface area (Å²) < 4.78 is 0. The van der Waals surface area contributed by atoms with Crippen molar-refractivity contribution in [3.05, 3.63) is 0 Å². The van der Waals surface area contributed by atoms with E-state index in [1.54, 1.807) is 0 Å². The Morgan fingerprint density at radius 1 is 1.17 bits per heavy atom. The Morgan fingerprint density at radius 2 is 1.75 bits per heavy atom. The molecule has 0 bridgehead atoms. The summed E-state index contributed by atoms with van der Waals surface area (Å²) in [4.78, 5) is 27.5. The zero-order valence-electron chi connectivity index (χ0n) is 7.88. The Morgan fingerprint density at radius 3 is 2.17 bits per heavy atom. The van der Waals surface area contributed by atoms with Crippen LogP contribution in [0.1, 0.15) is 19.8 Å². The van der Waals surface area contributed by atoms with Crippen molar-refractivity contribution in [3.8, 4) is 0 Å². The number of hydrogen-bond acceptors (Lipinski definition) is 3. The van der Waals surface area contributed by atoms with Crippen molar-refractivity contribution in [1.29, 1.82) is 0 Å². The van der Waals surface area contributed by atoms with Gasteiger partial charge in [-0.15, -0.1) is 0 Å². The fourth-order valence-corrected chi connectivity index (χ4v) is 1.83. The van der Waals surface area contributed by atoms with Crippen molar-refractivity contribution in [2.45, 2.75) is 25.8 Å². The molecule has 0 saturated heterocycles. The first-order chi connectivity index (χ1) is 5.45. The van der Waals surface area contributed by atoms with Crippen molar-refractivity contribution >= 4 is 8.80 Å². The summed E-state index contributed by atoms with van der Waals surface area (Å²) in [7, 11) is -1.69. The maximum absolute atomic E-state index is 8.70. The molecular formula is C7H20NO3Si+. The first-order valence-electron chi connectivity index (χ1n) is 4.44. The Hall–Kier alpha value is 0.0569. The van der Waals surface area contributed by atoms with Gasteiger partial charge in [-0.25, -0.2) is 0 Å². The van der Waals surface area contributed by atoms with Crippen molar-refractivity contribution in [3.63, 3.8) is 0 Å². The van der Waals surface area contributed by atoms with Gasteiger partial charge in [0.25, 0.3) is 0 Å². The maximum atomic E-state index is 8.70. The van der Waals surface area contributed by atoms with Crippen LogP contribution in [0.5, 0.6) is 0 Å². The normalized spacial score (nSPS) is 14.8. The summed E-state index contributed by atoms with van der Waals surface area (Å²) in [6.45, 7) is 4.10. The van der Waals surface area contributed by atoms with Gasteiger partial charge in [-0.05, 0) is 6.42 Å². The Labute approximate surface area is 74.8 Å². The van der Waals surface area contributed by atoms with Gasteiger partial charge >= 0.3 is 8.80 Å². The van der Waals surface area contributed by atoms with E-state index in [1.165, 1.54) is 4.90 Å². The minimum Gasteiger partial charge on any atom is -0.390 e. The molecule has 4 nitrogen and oxygen atoms in total. The summed E-state index contributed by atoms with van der Waals surface area (Å²) in [6.07, 6.45) is 1.81. The highest BCUT2D eigenvalue weighted by atomic mass is 28.4. The lowest BCUT2D eigenvalue weighted by atomic mass is 10.4. The van der Waals surface area contributed by atoms with Gasteiger partial charge in [0.1, 0.15) is 0 Å². The average molecular weight is 194 g/mol. The lowest BCUT2D eigenvalue weighted by molar-refractivity contribution is -0.879. The van der Waals surface area contributed by atoms with E-state index < -0.39 is 8.80 Å². The highest BCUT2D eigenvalue weighted by molar-refractivity contribution is 6.56. The number of quaternary nitrogens is 1. The molecule has 0 aliphatic rings. The molecule has 12 heavy (non-hydrogen) atoms. The fraction of sp³-hybridized carbons (Fsp3) is 1.00. The SMILES string of the molecule is CCC[NH+](C)CCC[Si](O)(O)O. The van der Waals surface area contributed by atoms with E-state index in [2.05, 4.69) is 14.0 Å². The monoisotopic (exact) mass is 194 g/mol. The molecule has 0 saturated carbocycles. The van der Waals surface area contributed by atoms with Crippen LogP contribution in [0.2, 0.25) is 6.04 Å². The molecule has 1 atom stereocenters. The lowest BCUT2D eigenvalue weighted by Crippen LogP contribution is -3.08. The zero-order valence-corrected chi connectivity index (χ0v) is 8.88. The summed E-state index contributed by atoms with van der Waals surface area (Å²) in [5, 5.41) is 0. The zero-order chi connectivity index (χ0) is 9.61. The molecule has 5 heteroatoms. The minimum absolute atomic E-state index is 0.161. The Kier molecular flexibility index (Phi) is 5.69. The van der Waals surface area contributed by atoms with Crippen molar-refractivity contribution in [2.24, 2.45) is 0 Å². The van der Waals surface area contributed by atoms with Crippen LogP contribution in [-0.2, 0) is 0 Å². The molecule has 0 spiro atoms. The van der Waals surface area contributed by atoms with E-state index in [-0.39, 0.29) is 6.04 Å². The van der Waals surface area contributed by atoms with E-state index in [9.17, 15) is 0 Å². The van der Waals surface area contributed by atoms with Crippen LogP contribution < -0.4 is 4.90 Å². The van der Waals surface area contributed by atoms with Gasteiger partial charge in [-0.1, -0.05) is 6.92 Å². The molecule has 0 aliphatic heterocycles. The maximum Gasteiger partial charge on any atom is 0.492 e. The second-order valence-corrected chi connectivity index (χ2v) is 5.38. The molecule has 0 aromatic heterocycles. The van der Waals surface area contributed by atoms with E-state index in [4.69, 9.17) is 14.4 Å². The molecule has 0 rings (SSSR count). The van der Waals surface area contributed by atoms with Crippen LogP contribution in [-0.4, -0.2) is 43.3 Å². The quantitative estimate of drug-likeness (QED) is 0.378. The largest absolute Gasteiger partial charge is 0.492 e. The highest BCUT2D eigenvalue weighted by Crippen LogP contribution is 1.98. The lowest BCUT2D eigenvalue weighted by Gasteiger charge is -2.14. The van der Waals surface area contributed by atoms with Crippen LogP contribution in [0.4, 0.5) is 0 Å². The van der Waals surface area contributed by atoms with Gasteiger partial charge in [0, 0.05) is 12.5 Å². The average Bonchev–Trinajstić information content (AvgIpc) is 1.84. The van der Waals surface area contributed by atoms with Crippen LogP contribution in [0.3, 0.4) is 0 Å². The third-order valence-corrected chi connectivity index (χ3v) is 2.82. The molecule has 0 aromatic carbocycles. The first kappa shape index (κ1) is 12.1. The topological polar surface area (TPSA) is 65.1 Å². The van der Waals surface area contributed by atoms with Gasteiger partial charge in [-0.2, -0.15) is 0 Å². The van der Waals surface area contributed by atoms with Crippen LogP contribution in [0.25, 0.3) is 0 Å². The highest BCUT2D eigenvalue weighted by Gasteiger charge is 2.26. The summed E-state index contributed by atoms with van der Waals surface area (Å²) in [6, 6.07) is 0.161. The van der Waals surface area contributed by atoms with E-state index in [1.807, 2.05) is 0 Å². The number of rotatable bonds is 6. The minimum atomic E-state index is -3.76. The fourth-order valence-electron chi connectivity index (χ4n) is 1.18. The molecule has 74 valence electrons. The Balaban J connectivity index is 3.31. The van der Waals surface area contributed by atoms with Crippen LogP contribution >= 0.6 is 0 Å². The summed E-state index contributed by atoms with van der Waals surface area (Å²) in [5.41, 5.74) is 0. The number of nitrogens with one attached hydrogen (secondary N) is 1. The summed E-state index contributed by atoms with van der Waals surface area (Å²) in [5.74, 6) is 0. The van der Waals surface area contributed by atoms with E-state index in [0.29, 0.717) is 6.42 Å². The van der Waals surface area contributed by atoms with Gasteiger partial charge in [-0.3, -0.25) is 0 Å². The molecule has 4 N–H and O–H groups in total. The molecule has 0 radical (unpaired) electrons. The van der Waals surface area contributed by atoms with Crippen LogP contribution in [0, 0.1) is 0 Å². The molecule has 0 heterocycles. The first-order valence-corrected chi connectivity index (χ1v) is 6.49. The van der Waals surface area contributed by atoms with Crippen LogP contribution in [0.15, 0.2) is 0 Å². The van der Waals surface area contributed by atoms with E-state index in [0.717, 1.165) is 19.5 Å². The van der Waals surface area contributed by atoms with Gasteiger partial charge in [0.15, 0.2) is 0 Å². The van der Waals surface area contributed by atoms with Gasteiger partial charge in [0.2, 0.25) is 0 Å². The molecule has 0 aromatic rings. The second kappa shape index (κ2) is 5.66. The standard InChI is InChI=1S/C7H19NO3Si/c1-3-5-8(2)6-4-7-12(9,10)11/h9-11H,3-7H2,1-2H3/p+1.